The van der Waals surface area contributed by atoms with E-state index in [1.54, 1.807) is 41.7 Å². The molecule has 1 saturated heterocycles. The molecule has 5 heteroatoms. The van der Waals surface area contributed by atoms with Crippen LogP contribution in [0.1, 0.15) is 27.1 Å². The van der Waals surface area contributed by atoms with Gasteiger partial charge in [0.05, 0.1) is 13.2 Å². The maximum Gasteiger partial charge on any atom is 0.185 e. The van der Waals surface area contributed by atoms with Gasteiger partial charge in [0.1, 0.15) is 0 Å². The van der Waals surface area contributed by atoms with Crippen LogP contribution in [0.15, 0.2) is 41.8 Å². The van der Waals surface area contributed by atoms with Crippen molar-refractivity contribution in [3.05, 3.63) is 62.8 Å². The smallest absolute Gasteiger partial charge is 0.185 e. The van der Waals surface area contributed by atoms with Crippen molar-refractivity contribution in [3.63, 3.8) is 0 Å². The molecule has 1 aliphatic heterocycles. The molecule has 108 valence electrons. The molecular formula is C16H13ClO3S. The van der Waals surface area contributed by atoms with Gasteiger partial charge in [-0.2, -0.15) is 0 Å². The van der Waals surface area contributed by atoms with Crippen LogP contribution >= 0.6 is 22.9 Å². The van der Waals surface area contributed by atoms with Gasteiger partial charge in [0.15, 0.2) is 12.1 Å². The lowest BCUT2D eigenvalue weighted by Gasteiger charge is -2.07. The first kappa shape index (κ1) is 14.5. The summed E-state index contributed by atoms with van der Waals surface area (Å²) in [6.45, 7) is 1.21. The van der Waals surface area contributed by atoms with Crippen molar-refractivity contribution in [2.75, 3.05) is 13.2 Å². The maximum atomic E-state index is 12.1. The van der Waals surface area contributed by atoms with Gasteiger partial charge in [0.25, 0.3) is 0 Å². The predicted molar refractivity (Wildman–Crippen MR) is 83.8 cm³/mol. The molecule has 0 aliphatic carbocycles. The highest BCUT2D eigenvalue weighted by Gasteiger charge is 2.21. The number of halogens is 1. The average Bonchev–Trinajstić information content (AvgIpc) is 3.16. The Morgan fingerprint density at radius 2 is 1.90 bits per heavy atom. The molecule has 0 amide bonds. The summed E-state index contributed by atoms with van der Waals surface area (Å²) < 4.78 is 11.0. The number of allylic oxidation sites excluding steroid dienone is 1. The molecule has 0 bridgehead atoms. The number of thiophene rings is 1. The van der Waals surface area contributed by atoms with Crippen molar-refractivity contribution < 1.29 is 14.3 Å². The fourth-order valence-electron chi connectivity index (χ4n) is 2.06. The first-order chi connectivity index (χ1) is 10.2. The van der Waals surface area contributed by atoms with Crippen molar-refractivity contribution in [1.82, 2.24) is 0 Å². The van der Waals surface area contributed by atoms with Gasteiger partial charge in [0, 0.05) is 21.0 Å². The standard InChI is InChI=1S/C16H13ClO3S/c17-12-3-1-11(2-4-12)14(18)5-6-15-13(7-10-21-15)16-19-8-9-20-16/h1-7,10,16H,8-9H2/b6-5-. The highest BCUT2D eigenvalue weighted by atomic mass is 35.5. The van der Waals surface area contributed by atoms with Crippen molar-refractivity contribution in [1.29, 1.82) is 0 Å². The normalized spacial score (nSPS) is 15.9. The van der Waals surface area contributed by atoms with E-state index in [0.29, 0.717) is 23.8 Å². The average molecular weight is 321 g/mol. The van der Waals surface area contributed by atoms with E-state index < -0.39 is 0 Å². The monoisotopic (exact) mass is 320 g/mol. The molecule has 1 fully saturated rings. The topological polar surface area (TPSA) is 35.5 Å². The number of carbonyl (C=O) groups excluding carboxylic acids is 1. The van der Waals surface area contributed by atoms with Crippen molar-refractivity contribution in [3.8, 4) is 0 Å². The Hall–Kier alpha value is -1.46. The van der Waals surface area contributed by atoms with E-state index in [0.717, 1.165) is 10.4 Å². The van der Waals surface area contributed by atoms with Crippen LogP contribution in [0.5, 0.6) is 0 Å². The zero-order valence-electron chi connectivity index (χ0n) is 11.1. The molecule has 1 aromatic heterocycles. The summed E-state index contributed by atoms with van der Waals surface area (Å²) >= 11 is 7.37. The lowest BCUT2D eigenvalue weighted by atomic mass is 10.1. The summed E-state index contributed by atoms with van der Waals surface area (Å²) in [5, 5.41) is 2.58. The van der Waals surface area contributed by atoms with Gasteiger partial charge in [-0.3, -0.25) is 4.79 Å². The minimum Gasteiger partial charge on any atom is -0.346 e. The van der Waals surface area contributed by atoms with Gasteiger partial charge in [-0.15, -0.1) is 11.3 Å². The second kappa shape index (κ2) is 6.54. The number of hydrogen-bond acceptors (Lipinski definition) is 4. The first-order valence-electron chi connectivity index (χ1n) is 6.52. The van der Waals surface area contributed by atoms with Gasteiger partial charge in [-0.25, -0.2) is 0 Å². The van der Waals surface area contributed by atoms with Gasteiger partial charge >= 0.3 is 0 Å². The molecule has 0 unspecified atom stereocenters. The van der Waals surface area contributed by atoms with Crippen LogP contribution in [0, 0.1) is 0 Å². The van der Waals surface area contributed by atoms with Gasteiger partial charge < -0.3 is 9.47 Å². The second-order valence-corrected chi connectivity index (χ2v) is 5.90. The summed E-state index contributed by atoms with van der Waals surface area (Å²) in [6.07, 6.45) is 3.05. The van der Waals surface area contributed by atoms with Crippen LogP contribution in [0.3, 0.4) is 0 Å². The molecule has 1 aliphatic rings. The highest BCUT2D eigenvalue weighted by molar-refractivity contribution is 7.11. The molecule has 1 aromatic carbocycles. The van der Waals surface area contributed by atoms with E-state index in [1.165, 1.54) is 0 Å². The van der Waals surface area contributed by atoms with Gasteiger partial charge in [-0.05, 0) is 47.9 Å². The summed E-state index contributed by atoms with van der Waals surface area (Å²) in [5.41, 5.74) is 1.58. The van der Waals surface area contributed by atoms with Crippen molar-refractivity contribution >= 4 is 34.8 Å². The Labute approximate surface area is 131 Å². The lowest BCUT2D eigenvalue weighted by molar-refractivity contribution is -0.0439. The zero-order chi connectivity index (χ0) is 14.7. The number of ether oxygens (including phenoxy) is 2. The Kier molecular flexibility index (Phi) is 4.51. The summed E-state index contributed by atoms with van der Waals surface area (Å²) in [7, 11) is 0. The van der Waals surface area contributed by atoms with Crippen LogP contribution in [0.4, 0.5) is 0 Å². The van der Waals surface area contributed by atoms with Crippen molar-refractivity contribution in [2.45, 2.75) is 6.29 Å². The number of benzene rings is 1. The third kappa shape index (κ3) is 3.41. The van der Waals surface area contributed by atoms with E-state index in [9.17, 15) is 4.79 Å². The van der Waals surface area contributed by atoms with Crippen LogP contribution < -0.4 is 0 Å². The fourth-order valence-corrected chi connectivity index (χ4v) is 2.99. The second-order valence-electron chi connectivity index (χ2n) is 4.52. The van der Waals surface area contributed by atoms with Crippen LogP contribution in [-0.2, 0) is 9.47 Å². The number of hydrogen-bond donors (Lipinski definition) is 0. The largest absolute Gasteiger partial charge is 0.346 e. The van der Waals surface area contributed by atoms with E-state index in [4.69, 9.17) is 21.1 Å². The molecule has 0 spiro atoms. The van der Waals surface area contributed by atoms with Crippen LogP contribution in [0.2, 0.25) is 5.02 Å². The fraction of sp³-hybridized carbons (Fsp3) is 0.188. The molecule has 0 N–H and O–H groups in total. The Balaban J connectivity index is 1.75. The molecule has 0 atom stereocenters. The summed E-state index contributed by atoms with van der Waals surface area (Å²) in [6, 6.07) is 8.81. The lowest BCUT2D eigenvalue weighted by Crippen LogP contribution is -1.98. The third-order valence-electron chi connectivity index (χ3n) is 3.12. The van der Waals surface area contributed by atoms with Gasteiger partial charge in [0.2, 0.25) is 0 Å². The number of ketones is 1. The van der Waals surface area contributed by atoms with Gasteiger partial charge in [-0.1, -0.05) is 11.6 Å². The number of carbonyl (C=O) groups is 1. The molecule has 2 heterocycles. The Morgan fingerprint density at radius 1 is 1.19 bits per heavy atom. The molecule has 0 saturated carbocycles. The SMILES string of the molecule is O=C(/C=C\c1sccc1C1OCCO1)c1ccc(Cl)cc1. The molecule has 3 rings (SSSR count). The number of rotatable bonds is 4. The molecular weight excluding hydrogens is 308 g/mol. The molecule has 3 nitrogen and oxygen atoms in total. The maximum absolute atomic E-state index is 12.1. The molecule has 2 aromatic rings. The minimum absolute atomic E-state index is 0.0562. The van der Waals surface area contributed by atoms with E-state index in [1.807, 2.05) is 17.5 Å². The first-order valence-corrected chi connectivity index (χ1v) is 7.78. The van der Waals surface area contributed by atoms with Crippen molar-refractivity contribution in [2.24, 2.45) is 0 Å². The predicted octanol–water partition coefficient (Wildman–Crippen LogP) is 4.34. The Bertz CT molecular complexity index is 654. The Morgan fingerprint density at radius 3 is 2.62 bits per heavy atom. The highest BCUT2D eigenvalue weighted by Crippen LogP contribution is 2.30. The molecule has 0 radical (unpaired) electrons. The molecule has 21 heavy (non-hydrogen) atoms. The quantitative estimate of drug-likeness (QED) is 0.621. The van der Waals surface area contributed by atoms with E-state index in [-0.39, 0.29) is 12.1 Å². The van der Waals surface area contributed by atoms with E-state index >= 15 is 0 Å². The summed E-state index contributed by atoms with van der Waals surface area (Å²) in [5.74, 6) is -0.0562. The van der Waals surface area contributed by atoms with E-state index in [2.05, 4.69) is 0 Å². The van der Waals surface area contributed by atoms with Crippen LogP contribution in [0.25, 0.3) is 6.08 Å². The minimum atomic E-state index is -0.318. The van der Waals surface area contributed by atoms with Crippen LogP contribution in [-0.4, -0.2) is 19.0 Å². The summed E-state index contributed by atoms with van der Waals surface area (Å²) in [4.78, 5) is 13.1. The zero-order valence-corrected chi connectivity index (χ0v) is 12.7. The third-order valence-corrected chi connectivity index (χ3v) is 4.27.